The number of aliphatic carboxylic acids is 1. The molecular weight excluding hydrogens is 599 g/mol. The van der Waals surface area contributed by atoms with Crippen LogP contribution in [0.25, 0.3) is 0 Å². The molecule has 2 aliphatic rings. The monoisotopic (exact) mass is 612 g/mol. The quantitative estimate of drug-likeness (QED) is 0.419. The van der Waals surface area contributed by atoms with Crippen LogP contribution >= 0.6 is 62.3 Å². The van der Waals surface area contributed by atoms with Crippen molar-refractivity contribution in [2.24, 2.45) is 0 Å². The highest BCUT2D eigenvalue weighted by Gasteiger charge is 2.38. The van der Waals surface area contributed by atoms with Crippen LogP contribution in [0.4, 0.5) is 18.9 Å². The van der Waals surface area contributed by atoms with Gasteiger partial charge in [0.05, 0.1) is 34.1 Å². The predicted octanol–water partition coefficient (Wildman–Crippen LogP) is 5.35. The first-order chi connectivity index (χ1) is 15.4. The van der Waals surface area contributed by atoms with E-state index in [0.717, 1.165) is 36.3 Å². The number of fused-ring (bicyclic) bond motifs is 2. The Hall–Kier alpha value is -1.08. The Labute approximate surface area is 215 Å². The lowest BCUT2D eigenvalue weighted by Crippen LogP contribution is -2.58. The van der Waals surface area contributed by atoms with E-state index >= 15 is 0 Å². The molecule has 0 amide bonds. The molecule has 0 saturated carbocycles. The number of pyridine rings is 2. The van der Waals surface area contributed by atoms with Crippen LogP contribution in [0, 0.1) is 0 Å². The molecule has 2 aliphatic heterocycles. The summed E-state index contributed by atoms with van der Waals surface area (Å²) in [5.41, 5.74) is 1.01. The number of carboxylic acids is 1. The first kappa shape index (κ1) is 28.2. The highest BCUT2D eigenvalue weighted by atomic mass is 79.9. The van der Waals surface area contributed by atoms with Crippen molar-refractivity contribution in [1.82, 2.24) is 15.3 Å². The van der Waals surface area contributed by atoms with E-state index < -0.39 is 12.1 Å². The number of rotatable bonds is 1. The van der Waals surface area contributed by atoms with Crippen molar-refractivity contribution in [2.45, 2.75) is 18.4 Å². The summed E-state index contributed by atoms with van der Waals surface area (Å²) in [5, 5.41) is 12.1. The lowest BCUT2D eigenvalue weighted by Gasteiger charge is -2.42. The number of morpholine rings is 2. The first-order valence-corrected chi connectivity index (χ1v) is 11.4. The molecule has 2 atom stereocenters. The van der Waals surface area contributed by atoms with Gasteiger partial charge in [0.15, 0.2) is 0 Å². The number of hydrogen-bond acceptors (Lipinski definition) is 6. The van der Waals surface area contributed by atoms with Crippen molar-refractivity contribution in [3.8, 4) is 0 Å². The van der Waals surface area contributed by atoms with Gasteiger partial charge in [-0.05, 0) is 28.1 Å². The van der Waals surface area contributed by atoms with Gasteiger partial charge in [-0.3, -0.25) is 0 Å². The Kier molecular flexibility index (Phi) is 10.7. The van der Waals surface area contributed by atoms with E-state index in [2.05, 4.69) is 36.1 Å². The van der Waals surface area contributed by atoms with E-state index in [-0.39, 0.29) is 12.2 Å². The van der Waals surface area contributed by atoms with Crippen LogP contribution < -0.4 is 10.2 Å². The number of anilines is 1. The zero-order valence-electron chi connectivity index (χ0n) is 16.4. The number of ether oxygens (including phenoxy) is 1. The summed E-state index contributed by atoms with van der Waals surface area (Å²) in [7, 11) is 0. The van der Waals surface area contributed by atoms with Crippen LogP contribution in [-0.2, 0) is 9.53 Å². The molecule has 0 radical (unpaired) electrons. The highest BCUT2D eigenvalue weighted by Crippen LogP contribution is 2.27. The van der Waals surface area contributed by atoms with Crippen LogP contribution in [0.3, 0.4) is 0 Å². The average molecular weight is 615 g/mol. The van der Waals surface area contributed by atoms with Gasteiger partial charge in [0, 0.05) is 36.8 Å². The fourth-order valence-corrected chi connectivity index (χ4v) is 3.74. The van der Waals surface area contributed by atoms with Crippen LogP contribution in [0.2, 0.25) is 20.4 Å². The Morgan fingerprint density at radius 3 is 1.97 bits per heavy atom. The van der Waals surface area contributed by atoms with Gasteiger partial charge in [0.25, 0.3) is 0 Å². The van der Waals surface area contributed by atoms with Gasteiger partial charge in [0.2, 0.25) is 0 Å². The van der Waals surface area contributed by atoms with Gasteiger partial charge >= 0.3 is 12.1 Å². The number of halogens is 8. The van der Waals surface area contributed by atoms with Crippen LogP contribution in [0.1, 0.15) is 0 Å². The molecule has 2 bridgehead atoms. The molecule has 0 aliphatic carbocycles. The smallest absolute Gasteiger partial charge is 0.475 e. The molecule has 2 saturated heterocycles. The third-order valence-electron chi connectivity index (χ3n) is 4.13. The molecule has 2 aromatic rings. The van der Waals surface area contributed by atoms with Crippen LogP contribution in [0.5, 0.6) is 0 Å². The highest BCUT2D eigenvalue weighted by molar-refractivity contribution is 9.10. The minimum Gasteiger partial charge on any atom is -0.475 e. The molecule has 15 heteroatoms. The second kappa shape index (κ2) is 12.6. The molecule has 2 unspecified atom stereocenters. The summed E-state index contributed by atoms with van der Waals surface area (Å²) in [6.45, 7) is 3.54. The van der Waals surface area contributed by atoms with E-state index in [0.29, 0.717) is 20.4 Å². The summed E-state index contributed by atoms with van der Waals surface area (Å²) >= 11 is 26.1. The van der Waals surface area contributed by atoms with Crippen LogP contribution in [0.15, 0.2) is 29.0 Å². The van der Waals surface area contributed by atoms with Gasteiger partial charge in [-0.2, -0.15) is 13.2 Å². The maximum atomic E-state index is 10.6. The SMILES string of the molecule is Clc1cc(Br)cnc1Cl.Clc1cc(N2CC3CNCC(C2)O3)cnc1Cl.O=C(O)C(F)(F)F. The molecule has 33 heavy (non-hydrogen) atoms. The third kappa shape index (κ3) is 9.23. The molecule has 4 rings (SSSR count). The maximum absolute atomic E-state index is 10.6. The first-order valence-electron chi connectivity index (χ1n) is 9.05. The number of aromatic nitrogens is 2. The molecule has 2 fully saturated rings. The molecule has 4 heterocycles. The van der Waals surface area contributed by atoms with Gasteiger partial charge < -0.3 is 20.1 Å². The summed E-state index contributed by atoms with van der Waals surface area (Å²) in [6, 6.07) is 3.56. The van der Waals surface area contributed by atoms with E-state index in [4.69, 9.17) is 61.0 Å². The topological polar surface area (TPSA) is 87.6 Å². The number of nitrogens with one attached hydrogen (secondary N) is 1. The Morgan fingerprint density at radius 1 is 1.06 bits per heavy atom. The molecule has 0 spiro atoms. The average Bonchev–Trinajstić information content (AvgIpc) is 2.73. The molecule has 182 valence electrons. The van der Waals surface area contributed by atoms with E-state index in [1.807, 2.05) is 6.07 Å². The molecule has 2 N–H and O–H groups in total. The lowest BCUT2D eigenvalue weighted by molar-refractivity contribution is -0.192. The number of carboxylic acid groups (broad SMARTS) is 1. The number of nitrogens with zero attached hydrogens (tertiary/aromatic N) is 3. The Morgan fingerprint density at radius 2 is 1.55 bits per heavy atom. The molecule has 2 aromatic heterocycles. The predicted molar refractivity (Wildman–Crippen MR) is 124 cm³/mol. The summed E-state index contributed by atoms with van der Waals surface area (Å²) in [5.74, 6) is -2.76. The van der Waals surface area contributed by atoms with Crippen molar-refractivity contribution in [2.75, 3.05) is 31.1 Å². The van der Waals surface area contributed by atoms with Gasteiger partial charge in [-0.1, -0.05) is 46.4 Å². The Bertz CT molecular complexity index is 962. The fourth-order valence-electron chi connectivity index (χ4n) is 2.75. The van der Waals surface area contributed by atoms with Crippen molar-refractivity contribution in [3.63, 3.8) is 0 Å². The summed E-state index contributed by atoms with van der Waals surface area (Å²) in [4.78, 5) is 19.0. The number of hydrogen-bond donors (Lipinski definition) is 2. The molecular formula is C18H16BrCl4F3N4O3. The van der Waals surface area contributed by atoms with Crippen molar-refractivity contribution in [1.29, 1.82) is 0 Å². The largest absolute Gasteiger partial charge is 0.490 e. The number of alkyl halides is 3. The zero-order chi connectivity index (χ0) is 24.8. The standard InChI is InChI=1S/C11H13Cl2N3O.C5H2BrCl2N.C2HF3O2/c12-10-1-7(2-15-11(10)13)16-5-8-3-14-4-9(6-16)17-8;6-3-1-4(7)5(8)9-2-3;3-2(4,5)1(6)7/h1-2,8-9,14H,3-6H2;1-2H;(H,6,7). The number of carbonyl (C=O) groups is 1. The van der Waals surface area contributed by atoms with Crippen molar-refractivity contribution in [3.05, 3.63) is 49.4 Å². The molecule has 0 aromatic carbocycles. The maximum Gasteiger partial charge on any atom is 0.490 e. The third-order valence-corrected chi connectivity index (χ3v) is 5.94. The summed E-state index contributed by atoms with van der Waals surface area (Å²) < 4.78 is 38.4. The summed E-state index contributed by atoms with van der Waals surface area (Å²) in [6.07, 6.45) is -1.23. The van der Waals surface area contributed by atoms with E-state index in [1.165, 1.54) is 0 Å². The second-order valence-electron chi connectivity index (χ2n) is 6.64. The van der Waals surface area contributed by atoms with Crippen molar-refractivity contribution >= 4 is 74.0 Å². The fraction of sp³-hybridized carbons (Fsp3) is 0.389. The lowest BCUT2D eigenvalue weighted by atomic mass is 10.1. The van der Waals surface area contributed by atoms with Gasteiger partial charge in [0.1, 0.15) is 10.3 Å². The second-order valence-corrected chi connectivity index (χ2v) is 9.08. The Balaban J connectivity index is 0.000000203. The zero-order valence-corrected chi connectivity index (χ0v) is 21.0. The van der Waals surface area contributed by atoms with Crippen LogP contribution in [-0.4, -0.2) is 65.6 Å². The normalized spacial score (nSPS) is 19.6. The van der Waals surface area contributed by atoms with Crippen molar-refractivity contribution < 1.29 is 27.8 Å². The van der Waals surface area contributed by atoms with Gasteiger partial charge in [-0.25, -0.2) is 14.8 Å². The van der Waals surface area contributed by atoms with E-state index in [1.54, 1.807) is 18.5 Å². The van der Waals surface area contributed by atoms with E-state index in [9.17, 15) is 13.2 Å². The molecule has 7 nitrogen and oxygen atoms in total. The van der Waals surface area contributed by atoms with Gasteiger partial charge in [-0.15, -0.1) is 0 Å². The minimum atomic E-state index is -5.08. The minimum absolute atomic E-state index is 0.247.